The summed E-state index contributed by atoms with van der Waals surface area (Å²) in [6.07, 6.45) is 17.7. The van der Waals surface area contributed by atoms with Crippen LogP contribution >= 0.6 is 22.6 Å². The van der Waals surface area contributed by atoms with Gasteiger partial charge in [0.25, 0.3) is 0 Å². The molecule has 0 saturated carbocycles. The monoisotopic (exact) mass is 394 g/mol. The molecule has 0 bridgehead atoms. The van der Waals surface area contributed by atoms with Crippen LogP contribution in [0.5, 0.6) is 0 Å². The largest absolute Gasteiger partial charge is 0.358 e. The third-order valence-electron chi connectivity index (χ3n) is 4.43. The summed E-state index contributed by atoms with van der Waals surface area (Å²) in [4.78, 5) is 0. The summed E-state index contributed by atoms with van der Waals surface area (Å²) in [5.74, 6) is 0. The third kappa shape index (κ3) is 3.51. The highest BCUT2D eigenvalue weighted by atomic mass is 127. The Hall–Kier alpha value is -0.810. The highest BCUT2D eigenvalue weighted by Crippen LogP contribution is 2.35. The minimum Gasteiger partial charge on any atom is -0.358 e. The molecular weight excluding hydrogens is 371 g/mol. The van der Waals surface area contributed by atoms with E-state index >= 15 is 0 Å². The van der Waals surface area contributed by atoms with E-state index in [0.717, 1.165) is 19.3 Å². The van der Waals surface area contributed by atoms with Crippen molar-refractivity contribution in [2.45, 2.75) is 48.5 Å². The molecule has 2 atom stereocenters. The predicted octanol–water partition coefficient (Wildman–Crippen LogP) is 4.27. The van der Waals surface area contributed by atoms with Crippen molar-refractivity contribution in [3.8, 4) is 0 Å². The normalized spacial score (nSPS) is 35.6. The molecule has 3 rings (SSSR count). The number of rotatable bonds is 0. The standard InChI is InChI=1S/C18H23IN2/c1-17(19)9-5-13-3-4-14-6-11-18(2,20)12-8-16(14)21-15(13)7-10-17/h5-6,8-9,11-12,21H,3-4,7,10,20H2,1-2H3. The summed E-state index contributed by atoms with van der Waals surface area (Å²) < 4.78 is 0.262. The minimum absolute atomic E-state index is 0.262. The van der Waals surface area contributed by atoms with Gasteiger partial charge in [-0.25, -0.2) is 0 Å². The van der Waals surface area contributed by atoms with Crippen molar-refractivity contribution >= 4 is 22.6 Å². The Bertz CT molecular complexity index is 601. The minimum atomic E-state index is -0.352. The van der Waals surface area contributed by atoms with Crippen LogP contribution in [0.25, 0.3) is 0 Å². The van der Waals surface area contributed by atoms with Crippen LogP contribution in [0.15, 0.2) is 59.0 Å². The fraction of sp³-hybridized carbons (Fsp3) is 0.444. The molecule has 0 radical (unpaired) electrons. The molecule has 1 aliphatic heterocycles. The van der Waals surface area contributed by atoms with E-state index < -0.39 is 0 Å². The van der Waals surface area contributed by atoms with Gasteiger partial charge in [-0.2, -0.15) is 0 Å². The Morgan fingerprint density at radius 3 is 2.48 bits per heavy atom. The number of nitrogens with one attached hydrogen (secondary N) is 1. The Labute approximate surface area is 141 Å². The molecule has 2 nitrogen and oxygen atoms in total. The third-order valence-corrected chi connectivity index (χ3v) is 5.33. The molecule has 3 aliphatic rings. The molecule has 21 heavy (non-hydrogen) atoms. The summed E-state index contributed by atoms with van der Waals surface area (Å²) in [5.41, 5.74) is 11.3. The first-order chi connectivity index (χ1) is 9.85. The van der Waals surface area contributed by atoms with E-state index in [4.69, 9.17) is 5.73 Å². The molecule has 0 amide bonds. The Morgan fingerprint density at radius 2 is 1.67 bits per heavy atom. The average molecular weight is 394 g/mol. The van der Waals surface area contributed by atoms with Crippen molar-refractivity contribution in [1.29, 1.82) is 0 Å². The highest BCUT2D eigenvalue weighted by Gasteiger charge is 2.24. The lowest BCUT2D eigenvalue weighted by Crippen LogP contribution is -2.30. The Balaban J connectivity index is 1.89. The van der Waals surface area contributed by atoms with Gasteiger partial charge in [0, 0.05) is 14.8 Å². The van der Waals surface area contributed by atoms with Gasteiger partial charge in [-0.1, -0.05) is 53.0 Å². The quantitative estimate of drug-likeness (QED) is 0.476. The maximum atomic E-state index is 6.21. The van der Waals surface area contributed by atoms with Crippen molar-refractivity contribution in [2.75, 3.05) is 0 Å². The maximum Gasteiger partial charge on any atom is 0.0503 e. The van der Waals surface area contributed by atoms with E-state index in [2.05, 4.69) is 71.3 Å². The molecule has 3 heteroatoms. The number of halogens is 1. The lowest BCUT2D eigenvalue weighted by Gasteiger charge is -2.18. The van der Waals surface area contributed by atoms with Crippen LogP contribution in [0.3, 0.4) is 0 Å². The second kappa shape index (κ2) is 5.43. The van der Waals surface area contributed by atoms with Gasteiger partial charge < -0.3 is 11.1 Å². The zero-order valence-electron chi connectivity index (χ0n) is 12.7. The first kappa shape index (κ1) is 15.1. The van der Waals surface area contributed by atoms with Crippen LogP contribution in [0.2, 0.25) is 0 Å². The Morgan fingerprint density at radius 1 is 1.00 bits per heavy atom. The van der Waals surface area contributed by atoms with Crippen LogP contribution in [0.1, 0.15) is 39.5 Å². The van der Waals surface area contributed by atoms with Gasteiger partial charge in [0.2, 0.25) is 0 Å². The molecule has 0 saturated heterocycles. The van der Waals surface area contributed by atoms with Crippen molar-refractivity contribution in [3.63, 3.8) is 0 Å². The van der Waals surface area contributed by atoms with E-state index in [1.54, 1.807) is 0 Å². The van der Waals surface area contributed by atoms with Gasteiger partial charge in [0.15, 0.2) is 0 Å². The van der Waals surface area contributed by atoms with E-state index in [1.165, 1.54) is 29.0 Å². The fourth-order valence-electron chi connectivity index (χ4n) is 2.93. The number of nitrogens with two attached hydrogens (primary N) is 1. The number of allylic oxidation sites excluding steroid dienone is 7. The molecule has 0 fully saturated rings. The lowest BCUT2D eigenvalue weighted by molar-refractivity contribution is 0.700. The second-order valence-corrected chi connectivity index (χ2v) is 9.18. The number of alkyl halides is 1. The summed E-state index contributed by atoms with van der Waals surface area (Å²) in [5, 5.41) is 3.69. The van der Waals surface area contributed by atoms with E-state index in [1.807, 2.05) is 6.92 Å². The van der Waals surface area contributed by atoms with Gasteiger partial charge in [-0.15, -0.1) is 0 Å². The molecule has 0 aromatic heterocycles. The molecule has 0 aromatic carbocycles. The fourth-order valence-corrected chi connectivity index (χ4v) is 3.38. The van der Waals surface area contributed by atoms with E-state index in [-0.39, 0.29) is 8.96 Å². The molecular formula is C18H23IN2. The Kier molecular flexibility index (Phi) is 3.91. The van der Waals surface area contributed by atoms with Gasteiger partial charge in [-0.3, -0.25) is 0 Å². The van der Waals surface area contributed by atoms with Gasteiger partial charge >= 0.3 is 0 Å². The summed E-state index contributed by atoms with van der Waals surface area (Å²) in [6.45, 7) is 4.34. The van der Waals surface area contributed by atoms with Gasteiger partial charge in [0.05, 0.1) is 5.54 Å². The number of hydrogen-bond donors (Lipinski definition) is 2. The number of hydrogen-bond acceptors (Lipinski definition) is 2. The topological polar surface area (TPSA) is 38.0 Å². The van der Waals surface area contributed by atoms with Crippen LogP contribution in [0.4, 0.5) is 0 Å². The van der Waals surface area contributed by atoms with Crippen LogP contribution in [-0.2, 0) is 0 Å². The van der Waals surface area contributed by atoms with Gasteiger partial charge in [-0.05, 0) is 56.8 Å². The van der Waals surface area contributed by atoms with E-state index in [0.29, 0.717) is 0 Å². The summed E-state index contributed by atoms with van der Waals surface area (Å²) >= 11 is 2.55. The summed E-state index contributed by atoms with van der Waals surface area (Å²) in [6, 6.07) is 0. The van der Waals surface area contributed by atoms with Crippen molar-refractivity contribution in [2.24, 2.45) is 5.73 Å². The van der Waals surface area contributed by atoms with Crippen LogP contribution < -0.4 is 11.1 Å². The first-order valence-electron chi connectivity index (χ1n) is 7.62. The van der Waals surface area contributed by atoms with Crippen molar-refractivity contribution in [1.82, 2.24) is 5.32 Å². The molecule has 2 aliphatic carbocycles. The zero-order chi connectivity index (χ0) is 15.1. The van der Waals surface area contributed by atoms with E-state index in [9.17, 15) is 0 Å². The molecule has 0 aromatic rings. The molecule has 112 valence electrons. The van der Waals surface area contributed by atoms with Crippen molar-refractivity contribution in [3.05, 3.63) is 59.0 Å². The molecule has 2 unspecified atom stereocenters. The van der Waals surface area contributed by atoms with Crippen LogP contribution in [0, 0.1) is 0 Å². The molecule has 0 spiro atoms. The summed E-state index contributed by atoms with van der Waals surface area (Å²) in [7, 11) is 0. The average Bonchev–Trinajstić information content (AvgIpc) is 2.72. The predicted molar refractivity (Wildman–Crippen MR) is 98.1 cm³/mol. The van der Waals surface area contributed by atoms with Gasteiger partial charge in [0.1, 0.15) is 0 Å². The molecule has 3 N–H and O–H groups in total. The SMILES string of the molecule is CC1(N)C=CC2=C(C=C1)NC1=C(C=CC(C)(I)CC1)CC2. The maximum absolute atomic E-state index is 6.21. The zero-order valence-corrected chi connectivity index (χ0v) is 14.9. The van der Waals surface area contributed by atoms with Crippen LogP contribution in [-0.4, -0.2) is 8.96 Å². The lowest BCUT2D eigenvalue weighted by atomic mass is 10.0. The highest BCUT2D eigenvalue weighted by molar-refractivity contribution is 14.1. The molecule has 1 heterocycles. The smallest absolute Gasteiger partial charge is 0.0503 e. The van der Waals surface area contributed by atoms with Crippen molar-refractivity contribution < 1.29 is 0 Å². The second-order valence-electron chi connectivity index (χ2n) is 6.71. The first-order valence-corrected chi connectivity index (χ1v) is 8.70.